The van der Waals surface area contributed by atoms with Crippen LogP contribution in [0.3, 0.4) is 0 Å². The summed E-state index contributed by atoms with van der Waals surface area (Å²) in [5, 5.41) is 9.01. The summed E-state index contributed by atoms with van der Waals surface area (Å²) in [5.74, 6) is 0.0346. The molecule has 1 N–H and O–H groups in total. The van der Waals surface area contributed by atoms with Gasteiger partial charge in [-0.1, -0.05) is 24.3 Å². The molecule has 1 unspecified atom stereocenters. The van der Waals surface area contributed by atoms with E-state index >= 15 is 0 Å². The van der Waals surface area contributed by atoms with Crippen LogP contribution < -0.4 is 9.47 Å². The van der Waals surface area contributed by atoms with E-state index in [1.165, 1.54) is 6.07 Å². The number of rotatable bonds is 6. The summed E-state index contributed by atoms with van der Waals surface area (Å²) in [6, 6.07) is 10.1. The lowest BCUT2D eigenvalue weighted by atomic mass is 9.97. The number of hydrogen-bond donors (Lipinski definition) is 1. The Morgan fingerprint density at radius 2 is 2.07 bits per heavy atom. The average Bonchev–Trinajstić information content (AvgIpc) is 3.26. The second kappa shape index (κ2) is 7.83. The van der Waals surface area contributed by atoms with Crippen LogP contribution in [0.5, 0.6) is 11.5 Å². The van der Waals surface area contributed by atoms with E-state index in [2.05, 4.69) is 0 Å². The first-order valence-electron chi connectivity index (χ1n) is 9.64. The van der Waals surface area contributed by atoms with E-state index in [9.17, 15) is 18.0 Å². The molecule has 0 amide bonds. The van der Waals surface area contributed by atoms with Crippen LogP contribution in [0, 0.1) is 0 Å². The summed E-state index contributed by atoms with van der Waals surface area (Å²) in [7, 11) is 1.06. The second-order valence-corrected chi connectivity index (χ2v) is 7.52. The number of alkyl halides is 3. The van der Waals surface area contributed by atoms with E-state index in [1.807, 2.05) is 0 Å². The zero-order valence-corrected chi connectivity index (χ0v) is 16.2. The van der Waals surface area contributed by atoms with Crippen LogP contribution in [0.25, 0.3) is 0 Å². The highest BCUT2D eigenvalue weighted by molar-refractivity contribution is 5.68. The molecule has 4 rings (SSSR count). The van der Waals surface area contributed by atoms with Crippen molar-refractivity contribution in [3.63, 3.8) is 0 Å². The molecule has 0 fully saturated rings. The van der Waals surface area contributed by atoms with E-state index in [1.54, 1.807) is 30.3 Å². The summed E-state index contributed by atoms with van der Waals surface area (Å²) in [6.07, 6.45) is -5.82. The number of carboxylic acids is 1. The Labute approximate surface area is 171 Å². The van der Waals surface area contributed by atoms with Gasteiger partial charge >= 0.3 is 12.1 Å². The van der Waals surface area contributed by atoms with Gasteiger partial charge in [0.15, 0.2) is 6.10 Å². The molecule has 0 radical (unpaired) electrons. The Hall–Kier alpha value is -2.74. The van der Waals surface area contributed by atoms with Crippen LogP contribution in [0.1, 0.15) is 53.2 Å². The fourth-order valence-electron chi connectivity index (χ4n) is 4.32. The van der Waals surface area contributed by atoms with E-state index in [-0.39, 0.29) is 24.0 Å². The highest BCUT2D eigenvalue weighted by Crippen LogP contribution is 2.44. The van der Waals surface area contributed by atoms with Crippen LogP contribution >= 0.6 is 0 Å². The molecule has 0 aromatic heterocycles. The molecule has 8 heteroatoms. The van der Waals surface area contributed by atoms with Crippen molar-refractivity contribution in [1.82, 2.24) is 0 Å². The van der Waals surface area contributed by atoms with Gasteiger partial charge in [0.2, 0.25) is 0 Å². The predicted octanol–water partition coefficient (Wildman–Crippen LogP) is 4.95. The Balaban J connectivity index is 1.56. The lowest BCUT2D eigenvalue weighted by molar-refractivity contribution is -0.216. The zero-order chi connectivity index (χ0) is 21.5. The molecule has 5 nitrogen and oxygen atoms in total. The number of ether oxygens (including phenoxy) is 3. The van der Waals surface area contributed by atoms with Gasteiger partial charge in [0.05, 0.1) is 13.0 Å². The van der Waals surface area contributed by atoms with Gasteiger partial charge in [-0.2, -0.15) is 13.2 Å². The minimum atomic E-state index is -4.49. The van der Waals surface area contributed by atoms with E-state index in [0.717, 1.165) is 18.2 Å². The molecule has 2 aromatic rings. The molecule has 30 heavy (non-hydrogen) atoms. The highest BCUT2D eigenvalue weighted by Gasteiger charge is 2.43. The fourth-order valence-corrected chi connectivity index (χ4v) is 4.32. The van der Waals surface area contributed by atoms with E-state index in [4.69, 9.17) is 19.3 Å². The standard InChI is InChI=1S/C22H21F3O5/c1-28-21(22(23,24)25)17-4-2-3-16-15(17)7-8-18(16)30-13-5-6-14-12(9-20(26)27)11-29-19(14)10-13/h2-6,10,12,18,21H,7-9,11H2,1H3,(H,26,27)/t12-,18-,21?/m1/s1. The lowest BCUT2D eigenvalue weighted by Crippen LogP contribution is -2.23. The van der Waals surface area contributed by atoms with Crippen molar-refractivity contribution in [1.29, 1.82) is 0 Å². The predicted molar refractivity (Wildman–Crippen MR) is 101 cm³/mol. The molecule has 0 bridgehead atoms. The van der Waals surface area contributed by atoms with Crippen molar-refractivity contribution in [2.24, 2.45) is 0 Å². The Kier molecular flexibility index (Phi) is 5.36. The SMILES string of the molecule is COC(c1cccc2c1CC[C@H]2Oc1ccc2c(c1)OC[C@H]2CC(=O)O)C(F)(F)F. The van der Waals surface area contributed by atoms with Gasteiger partial charge in [-0.15, -0.1) is 0 Å². The molecule has 1 aliphatic heterocycles. The summed E-state index contributed by atoms with van der Waals surface area (Å²) in [4.78, 5) is 11.0. The normalized spacial score (nSPS) is 20.9. The number of halogens is 3. The first-order valence-corrected chi connectivity index (χ1v) is 9.64. The third kappa shape index (κ3) is 3.84. The van der Waals surface area contributed by atoms with E-state index in [0.29, 0.717) is 36.5 Å². The lowest BCUT2D eigenvalue weighted by Gasteiger charge is -2.22. The molecular formula is C22H21F3O5. The molecule has 1 aliphatic carbocycles. The molecule has 0 saturated carbocycles. The van der Waals surface area contributed by atoms with Crippen molar-refractivity contribution in [2.45, 2.75) is 43.6 Å². The van der Waals surface area contributed by atoms with Crippen molar-refractivity contribution in [3.05, 3.63) is 58.7 Å². The molecule has 160 valence electrons. The summed E-state index contributed by atoms with van der Waals surface area (Å²) < 4.78 is 56.5. The zero-order valence-electron chi connectivity index (χ0n) is 16.2. The topological polar surface area (TPSA) is 65.0 Å². The van der Waals surface area contributed by atoms with Crippen LogP contribution in [-0.4, -0.2) is 31.0 Å². The van der Waals surface area contributed by atoms with Crippen molar-refractivity contribution >= 4 is 5.97 Å². The van der Waals surface area contributed by atoms with Crippen LogP contribution in [-0.2, 0) is 16.0 Å². The van der Waals surface area contributed by atoms with E-state index < -0.39 is 18.2 Å². The van der Waals surface area contributed by atoms with Gasteiger partial charge in [0.25, 0.3) is 0 Å². The van der Waals surface area contributed by atoms with Crippen molar-refractivity contribution in [3.8, 4) is 11.5 Å². The molecule has 3 atom stereocenters. The average molecular weight is 422 g/mol. The summed E-state index contributed by atoms with van der Waals surface area (Å²) in [6.45, 7) is 0.302. The molecule has 1 heterocycles. The maximum atomic E-state index is 13.3. The molecule has 2 aliphatic rings. The van der Waals surface area contributed by atoms with Crippen LogP contribution in [0.15, 0.2) is 36.4 Å². The van der Waals surface area contributed by atoms with Crippen LogP contribution in [0.2, 0.25) is 0 Å². The monoisotopic (exact) mass is 422 g/mol. The maximum Gasteiger partial charge on any atom is 0.418 e. The minimum Gasteiger partial charge on any atom is -0.492 e. The number of methoxy groups -OCH3 is 1. The largest absolute Gasteiger partial charge is 0.492 e. The van der Waals surface area contributed by atoms with Gasteiger partial charge in [-0.05, 0) is 35.6 Å². The molecule has 2 aromatic carbocycles. The third-order valence-electron chi connectivity index (χ3n) is 5.63. The van der Waals surface area contributed by atoms with Gasteiger partial charge in [-0.25, -0.2) is 0 Å². The van der Waals surface area contributed by atoms with Gasteiger partial charge in [0.1, 0.15) is 17.6 Å². The first-order chi connectivity index (χ1) is 14.3. The summed E-state index contributed by atoms with van der Waals surface area (Å²) in [5.41, 5.74) is 2.30. The number of hydrogen-bond acceptors (Lipinski definition) is 4. The maximum absolute atomic E-state index is 13.3. The summed E-state index contributed by atoms with van der Waals surface area (Å²) >= 11 is 0. The third-order valence-corrected chi connectivity index (χ3v) is 5.63. The number of carbonyl (C=O) groups is 1. The van der Waals surface area contributed by atoms with Crippen LogP contribution in [0.4, 0.5) is 13.2 Å². The molecule has 0 spiro atoms. The van der Waals surface area contributed by atoms with Crippen molar-refractivity contribution < 1.29 is 37.3 Å². The van der Waals surface area contributed by atoms with Crippen molar-refractivity contribution in [2.75, 3.05) is 13.7 Å². The molecule has 0 saturated heterocycles. The molecular weight excluding hydrogens is 401 g/mol. The smallest absolute Gasteiger partial charge is 0.418 e. The minimum absolute atomic E-state index is 0.00808. The Morgan fingerprint density at radius 1 is 1.27 bits per heavy atom. The number of fused-ring (bicyclic) bond motifs is 2. The van der Waals surface area contributed by atoms with Gasteiger partial charge < -0.3 is 19.3 Å². The number of carboxylic acid groups (broad SMARTS) is 1. The number of benzene rings is 2. The Bertz CT molecular complexity index is 956. The second-order valence-electron chi connectivity index (χ2n) is 7.52. The Morgan fingerprint density at radius 3 is 2.77 bits per heavy atom. The fraction of sp³-hybridized carbons (Fsp3) is 0.409. The highest BCUT2D eigenvalue weighted by atomic mass is 19.4. The number of aliphatic carboxylic acids is 1. The van der Waals surface area contributed by atoms with Gasteiger partial charge in [0, 0.05) is 24.7 Å². The van der Waals surface area contributed by atoms with Gasteiger partial charge in [-0.3, -0.25) is 4.79 Å². The first kappa shape index (κ1) is 20.5. The quantitative estimate of drug-likeness (QED) is 0.713.